The van der Waals surface area contributed by atoms with Crippen LogP contribution in [0, 0.1) is 11.8 Å². The van der Waals surface area contributed by atoms with Gasteiger partial charge in [-0.1, -0.05) is 35.9 Å². The molecule has 2 rings (SSSR count). The molecule has 0 heterocycles. The van der Waals surface area contributed by atoms with Crippen LogP contribution in [0.2, 0.25) is 0 Å². The highest BCUT2D eigenvalue weighted by atomic mass is 16.5. The monoisotopic (exact) mass is 332 g/mol. The predicted octanol–water partition coefficient (Wildman–Crippen LogP) is 2.33. The highest BCUT2D eigenvalue weighted by molar-refractivity contribution is 5.84. The first-order chi connectivity index (χ1) is 11.5. The normalized spacial score (nSPS) is 22.0. The van der Waals surface area contributed by atoms with Crippen LogP contribution >= 0.6 is 0 Å². The smallest absolute Gasteiger partial charge is 0.330 e. The van der Waals surface area contributed by atoms with E-state index < -0.39 is 29.7 Å². The third-order valence-electron chi connectivity index (χ3n) is 4.11. The van der Waals surface area contributed by atoms with Gasteiger partial charge in [0.05, 0.1) is 18.9 Å². The zero-order valence-electron chi connectivity index (χ0n) is 13.4. The lowest BCUT2D eigenvalue weighted by atomic mass is 9.76. The van der Waals surface area contributed by atoms with Gasteiger partial charge in [-0.05, 0) is 24.8 Å². The molecule has 6 nitrogen and oxygen atoms in total. The van der Waals surface area contributed by atoms with Crippen LogP contribution in [0.4, 0.5) is 0 Å². The molecular formula is C18H20O6. The molecule has 2 atom stereocenters. The first kappa shape index (κ1) is 17.7. The third kappa shape index (κ3) is 4.68. The van der Waals surface area contributed by atoms with Gasteiger partial charge in [0.15, 0.2) is 0 Å². The Kier molecular flexibility index (Phi) is 6.12. The highest BCUT2D eigenvalue weighted by Crippen LogP contribution is 2.35. The maximum absolute atomic E-state index is 12.3. The number of benzene rings is 1. The lowest BCUT2D eigenvalue weighted by Crippen LogP contribution is -2.34. The molecule has 1 aromatic carbocycles. The molecule has 1 N–H and O–H groups in total. The van der Waals surface area contributed by atoms with Crippen LogP contribution in [-0.4, -0.2) is 30.1 Å². The lowest BCUT2D eigenvalue weighted by Gasteiger charge is -2.28. The number of carboxylic acid groups (broad SMARTS) is 1. The molecule has 128 valence electrons. The van der Waals surface area contributed by atoms with E-state index in [0.717, 1.165) is 5.56 Å². The molecule has 1 aliphatic rings. The Morgan fingerprint density at radius 3 is 2.54 bits per heavy atom. The fraction of sp³-hybridized carbons (Fsp3) is 0.389. The lowest BCUT2D eigenvalue weighted by molar-refractivity contribution is -0.159. The molecule has 6 heteroatoms. The quantitative estimate of drug-likeness (QED) is 0.657. The Morgan fingerprint density at radius 1 is 1.21 bits per heavy atom. The summed E-state index contributed by atoms with van der Waals surface area (Å²) in [7, 11) is 1.26. The van der Waals surface area contributed by atoms with Gasteiger partial charge in [-0.3, -0.25) is 9.59 Å². The number of hydrogen-bond donors (Lipinski definition) is 1. The Labute approximate surface area is 140 Å². The number of carbonyl (C=O) groups excluding carboxylic acids is 2. The number of allylic oxidation sites excluding steroid dienone is 1. The van der Waals surface area contributed by atoms with Crippen molar-refractivity contribution < 1.29 is 29.0 Å². The topological polar surface area (TPSA) is 89.9 Å². The van der Waals surface area contributed by atoms with E-state index in [9.17, 15) is 19.5 Å². The second kappa shape index (κ2) is 8.29. The summed E-state index contributed by atoms with van der Waals surface area (Å²) < 4.78 is 9.83. The number of methoxy groups -OCH3 is 1. The third-order valence-corrected chi connectivity index (χ3v) is 4.11. The van der Waals surface area contributed by atoms with Crippen LogP contribution in [-0.2, 0) is 30.5 Å². The minimum Gasteiger partial charge on any atom is -0.481 e. The van der Waals surface area contributed by atoms with E-state index in [0.29, 0.717) is 18.4 Å². The maximum Gasteiger partial charge on any atom is 0.330 e. The van der Waals surface area contributed by atoms with Gasteiger partial charge in [0.1, 0.15) is 6.61 Å². The van der Waals surface area contributed by atoms with Crippen LogP contribution in [0.1, 0.15) is 24.8 Å². The van der Waals surface area contributed by atoms with Crippen molar-refractivity contribution in [1.29, 1.82) is 0 Å². The van der Waals surface area contributed by atoms with Gasteiger partial charge in [-0.25, -0.2) is 4.79 Å². The van der Waals surface area contributed by atoms with Crippen molar-refractivity contribution in [2.24, 2.45) is 11.8 Å². The van der Waals surface area contributed by atoms with Gasteiger partial charge >= 0.3 is 17.9 Å². The first-order valence-corrected chi connectivity index (χ1v) is 7.72. The Bertz CT molecular complexity index is 634. The largest absolute Gasteiger partial charge is 0.481 e. The number of ether oxygens (including phenoxy) is 2. The van der Waals surface area contributed by atoms with Gasteiger partial charge < -0.3 is 14.6 Å². The molecular weight excluding hydrogens is 312 g/mol. The van der Waals surface area contributed by atoms with Crippen molar-refractivity contribution in [3.05, 3.63) is 47.5 Å². The molecule has 0 saturated heterocycles. The van der Waals surface area contributed by atoms with E-state index in [1.807, 2.05) is 30.3 Å². The van der Waals surface area contributed by atoms with Gasteiger partial charge in [0.2, 0.25) is 0 Å². The second-order valence-electron chi connectivity index (χ2n) is 5.71. The number of carbonyl (C=O) groups is 3. The van der Waals surface area contributed by atoms with Crippen LogP contribution in [0.5, 0.6) is 0 Å². The van der Waals surface area contributed by atoms with Gasteiger partial charge in [-0.2, -0.15) is 0 Å². The predicted molar refractivity (Wildman–Crippen MR) is 84.8 cm³/mol. The zero-order chi connectivity index (χ0) is 17.5. The highest BCUT2D eigenvalue weighted by Gasteiger charge is 2.38. The number of aliphatic carboxylic acids is 1. The average molecular weight is 332 g/mol. The molecule has 1 aliphatic carbocycles. The molecule has 0 aliphatic heterocycles. The number of hydrogen-bond acceptors (Lipinski definition) is 5. The Morgan fingerprint density at radius 2 is 1.92 bits per heavy atom. The molecule has 0 bridgehead atoms. The number of rotatable bonds is 5. The summed E-state index contributed by atoms with van der Waals surface area (Å²) in [5, 5.41) is 9.40. The Hall–Kier alpha value is -2.63. The van der Waals surface area contributed by atoms with E-state index in [4.69, 9.17) is 4.74 Å². The Balaban J connectivity index is 2.01. The van der Waals surface area contributed by atoms with Crippen LogP contribution in [0.15, 0.2) is 42.0 Å². The van der Waals surface area contributed by atoms with Crippen molar-refractivity contribution in [2.45, 2.75) is 25.9 Å². The van der Waals surface area contributed by atoms with Gasteiger partial charge in [0, 0.05) is 6.08 Å². The number of carboxylic acids is 1. The summed E-state index contributed by atoms with van der Waals surface area (Å²) in [6.07, 6.45) is 2.27. The second-order valence-corrected chi connectivity index (χ2v) is 5.71. The summed E-state index contributed by atoms with van der Waals surface area (Å²) >= 11 is 0. The van der Waals surface area contributed by atoms with Crippen molar-refractivity contribution in [2.75, 3.05) is 7.11 Å². The van der Waals surface area contributed by atoms with E-state index in [1.165, 1.54) is 13.2 Å². The first-order valence-electron chi connectivity index (χ1n) is 7.72. The number of esters is 2. The fourth-order valence-corrected chi connectivity index (χ4v) is 2.80. The van der Waals surface area contributed by atoms with Gasteiger partial charge in [0.25, 0.3) is 0 Å². The molecule has 24 heavy (non-hydrogen) atoms. The summed E-state index contributed by atoms with van der Waals surface area (Å²) in [6.45, 7) is 0.118. The van der Waals surface area contributed by atoms with Crippen LogP contribution in [0.25, 0.3) is 0 Å². The van der Waals surface area contributed by atoms with Crippen molar-refractivity contribution in [3.8, 4) is 0 Å². The minimum atomic E-state index is -1.06. The van der Waals surface area contributed by atoms with Crippen LogP contribution < -0.4 is 0 Å². The maximum atomic E-state index is 12.3. The molecule has 1 aromatic rings. The molecule has 0 aromatic heterocycles. The van der Waals surface area contributed by atoms with Crippen molar-refractivity contribution >= 4 is 17.9 Å². The van der Waals surface area contributed by atoms with Crippen LogP contribution in [0.3, 0.4) is 0 Å². The van der Waals surface area contributed by atoms with E-state index in [-0.39, 0.29) is 13.0 Å². The van der Waals surface area contributed by atoms with Crippen molar-refractivity contribution in [1.82, 2.24) is 0 Å². The summed E-state index contributed by atoms with van der Waals surface area (Å²) in [6, 6.07) is 9.21. The standard InChI is InChI=1S/C18H20O6/c1-23-16(19)10-13-7-8-14(15(9-13)17(20)21)18(22)24-11-12-5-3-2-4-6-12/h2-6,10,14-15H,7-9,11H2,1H3,(H,20,21)/t14-,15?/m0/s1. The SMILES string of the molecule is COC(=O)C=C1CC[C@H](C(=O)OCc2ccccc2)C(C(=O)O)C1. The van der Waals surface area contributed by atoms with E-state index in [1.54, 1.807) is 0 Å². The van der Waals surface area contributed by atoms with Crippen molar-refractivity contribution in [3.63, 3.8) is 0 Å². The molecule has 1 unspecified atom stereocenters. The molecule has 1 saturated carbocycles. The summed E-state index contributed by atoms with van der Waals surface area (Å²) in [5.41, 5.74) is 1.53. The minimum absolute atomic E-state index is 0.118. The van der Waals surface area contributed by atoms with E-state index in [2.05, 4.69) is 4.74 Å². The van der Waals surface area contributed by atoms with Gasteiger partial charge in [-0.15, -0.1) is 0 Å². The average Bonchev–Trinajstić information content (AvgIpc) is 2.60. The van der Waals surface area contributed by atoms with E-state index >= 15 is 0 Å². The zero-order valence-corrected chi connectivity index (χ0v) is 13.4. The summed E-state index contributed by atoms with van der Waals surface area (Å²) in [4.78, 5) is 35.1. The molecule has 0 radical (unpaired) electrons. The molecule has 1 fully saturated rings. The fourth-order valence-electron chi connectivity index (χ4n) is 2.80. The molecule has 0 spiro atoms. The summed E-state index contributed by atoms with van der Waals surface area (Å²) in [5.74, 6) is -3.69. The molecule has 0 amide bonds.